The number of carbonyl (C=O) groups is 2. The Morgan fingerprint density at radius 3 is 2.40 bits per heavy atom. The molecule has 15 heavy (non-hydrogen) atoms. The summed E-state index contributed by atoms with van der Waals surface area (Å²) in [6.07, 6.45) is 1.14. The first-order valence-corrected chi connectivity index (χ1v) is 5.04. The molecule has 1 aromatic carbocycles. The van der Waals surface area contributed by atoms with Crippen molar-refractivity contribution in [1.82, 2.24) is 0 Å². The van der Waals surface area contributed by atoms with Crippen LogP contribution >= 0.6 is 0 Å². The number of carbonyl (C=O) groups excluding carboxylic acids is 2. The Balaban J connectivity index is 2.22. The maximum absolute atomic E-state index is 11.3. The second-order valence-corrected chi connectivity index (χ2v) is 3.64. The Labute approximate surface area is 88.1 Å². The van der Waals surface area contributed by atoms with E-state index < -0.39 is 17.9 Å². The van der Waals surface area contributed by atoms with Gasteiger partial charge in [0.25, 0.3) is 0 Å². The minimum atomic E-state index is -0.427. The molecular weight excluding hydrogens is 192 g/mol. The van der Waals surface area contributed by atoms with Crippen LogP contribution in [-0.2, 0) is 20.7 Å². The Bertz CT molecular complexity index is 392. The van der Waals surface area contributed by atoms with Crippen molar-refractivity contribution in [3.05, 3.63) is 35.4 Å². The van der Waals surface area contributed by atoms with Crippen LogP contribution in [0.3, 0.4) is 0 Å². The molecule has 0 radical (unpaired) electrons. The highest BCUT2D eigenvalue weighted by Gasteiger charge is 2.34. The van der Waals surface area contributed by atoms with Crippen LogP contribution in [0.1, 0.15) is 30.4 Å². The summed E-state index contributed by atoms with van der Waals surface area (Å²) in [5, 5.41) is 0. The molecule has 0 spiro atoms. The molecule has 1 saturated heterocycles. The molecule has 1 fully saturated rings. The number of ether oxygens (including phenoxy) is 1. The molecule has 1 aliphatic heterocycles. The summed E-state index contributed by atoms with van der Waals surface area (Å²) >= 11 is 0. The molecule has 0 aliphatic carbocycles. The second kappa shape index (κ2) is 3.85. The zero-order chi connectivity index (χ0) is 10.8. The number of hydrogen-bond donors (Lipinski definition) is 0. The number of aryl methyl sites for hydroxylation is 1. The molecular formula is C12H12O3. The lowest BCUT2D eigenvalue weighted by Gasteiger charge is -2.05. The fraction of sp³-hybridized carbons (Fsp3) is 0.333. The molecule has 1 atom stereocenters. The maximum atomic E-state index is 11.3. The van der Waals surface area contributed by atoms with E-state index in [1.807, 2.05) is 24.3 Å². The fourth-order valence-electron chi connectivity index (χ4n) is 1.71. The van der Waals surface area contributed by atoms with E-state index in [0.717, 1.165) is 12.0 Å². The predicted octanol–water partition coefficient (Wildman–Crippen LogP) is 1.81. The van der Waals surface area contributed by atoms with Crippen molar-refractivity contribution in [2.24, 2.45) is 0 Å². The van der Waals surface area contributed by atoms with Gasteiger partial charge in [-0.15, -0.1) is 0 Å². The lowest BCUT2D eigenvalue weighted by molar-refractivity contribution is -0.152. The average molecular weight is 204 g/mol. The summed E-state index contributed by atoms with van der Waals surface area (Å²) in [4.78, 5) is 22.2. The Hall–Kier alpha value is -1.64. The molecule has 2 rings (SSSR count). The van der Waals surface area contributed by atoms with Crippen LogP contribution in [0.4, 0.5) is 0 Å². The van der Waals surface area contributed by atoms with Crippen LogP contribution < -0.4 is 0 Å². The number of hydrogen-bond acceptors (Lipinski definition) is 3. The highest BCUT2D eigenvalue weighted by atomic mass is 16.6. The van der Waals surface area contributed by atoms with E-state index >= 15 is 0 Å². The van der Waals surface area contributed by atoms with Gasteiger partial charge in [-0.1, -0.05) is 31.2 Å². The molecule has 1 aromatic rings. The monoisotopic (exact) mass is 204 g/mol. The van der Waals surface area contributed by atoms with E-state index in [1.165, 1.54) is 5.56 Å². The molecule has 0 aromatic heterocycles. The second-order valence-electron chi connectivity index (χ2n) is 3.64. The van der Waals surface area contributed by atoms with Crippen molar-refractivity contribution in [1.29, 1.82) is 0 Å². The van der Waals surface area contributed by atoms with E-state index in [2.05, 4.69) is 11.7 Å². The molecule has 0 N–H and O–H groups in total. The smallest absolute Gasteiger partial charge is 0.321 e. The maximum Gasteiger partial charge on any atom is 0.321 e. The summed E-state index contributed by atoms with van der Waals surface area (Å²) in [7, 11) is 0. The van der Waals surface area contributed by atoms with Gasteiger partial charge in [-0.25, -0.2) is 0 Å². The van der Waals surface area contributed by atoms with Crippen molar-refractivity contribution in [3.8, 4) is 0 Å². The third kappa shape index (κ3) is 1.91. The van der Waals surface area contributed by atoms with Crippen molar-refractivity contribution in [3.63, 3.8) is 0 Å². The van der Waals surface area contributed by atoms with Gasteiger partial charge in [-0.2, -0.15) is 0 Å². The number of rotatable bonds is 2. The summed E-state index contributed by atoms with van der Waals surface area (Å²) in [6, 6.07) is 7.74. The van der Waals surface area contributed by atoms with Gasteiger partial charge in [0.05, 0.1) is 12.3 Å². The van der Waals surface area contributed by atoms with Gasteiger partial charge < -0.3 is 4.74 Å². The summed E-state index contributed by atoms with van der Waals surface area (Å²) in [5.74, 6) is -1.25. The van der Waals surface area contributed by atoms with Crippen molar-refractivity contribution in [2.45, 2.75) is 25.7 Å². The predicted molar refractivity (Wildman–Crippen MR) is 54.3 cm³/mol. The van der Waals surface area contributed by atoms with E-state index in [1.54, 1.807) is 0 Å². The minimum Gasteiger partial charge on any atom is -0.393 e. The molecule has 0 unspecified atom stereocenters. The standard InChI is InChI=1S/C12H12O3/c1-2-8-3-5-9(6-4-8)10-7-11(13)15-12(10)14/h3-6,10H,2,7H2,1H3/t10-/m1/s1. The molecule has 0 saturated carbocycles. The molecule has 78 valence electrons. The van der Waals surface area contributed by atoms with E-state index in [4.69, 9.17) is 0 Å². The number of benzene rings is 1. The van der Waals surface area contributed by atoms with Gasteiger partial charge in [0, 0.05) is 0 Å². The topological polar surface area (TPSA) is 43.4 Å². The van der Waals surface area contributed by atoms with Gasteiger partial charge in [-0.3, -0.25) is 9.59 Å². The Morgan fingerprint density at radius 1 is 1.27 bits per heavy atom. The van der Waals surface area contributed by atoms with Gasteiger partial charge in [0.15, 0.2) is 0 Å². The number of esters is 2. The first-order chi connectivity index (χ1) is 7.20. The zero-order valence-electron chi connectivity index (χ0n) is 8.53. The average Bonchev–Trinajstić information content (AvgIpc) is 2.58. The first-order valence-electron chi connectivity index (χ1n) is 5.04. The quantitative estimate of drug-likeness (QED) is 0.545. The summed E-state index contributed by atoms with van der Waals surface area (Å²) < 4.78 is 4.51. The largest absolute Gasteiger partial charge is 0.393 e. The van der Waals surface area contributed by atoms with Gasteiger partial charge in [0.1, 0.15) is 0 Å². The van der Waals surface area contributed by atoms with Crippen LogP contribution in [0.5, 0.6) is 0 Å². The fourth-order valence-corrected chi connectivity index (χ4v) is 1.71. The van der Waals surface area contributed by atoms with Crippen LogP contribution in [0.15, 0.2) is 24.3 Å². The molecule has 3 heteroatoms. The third-order valence-corrected chi connectivity index (χ3v) is 2.66. The van der Waals surface area contributed by atoms with Crippen molar-refractivity contribution in [2.75, 3.05) is 0 Å². The van der Waals surface area contributed by atoms with Crippen LogP contribution in [0, 0.1) is 0 Å². The van der Waals surface area contributed by atoms with Crippen molar-refractivity contribution >= 4 is 11.9 Å². The lowest BCUT2D eigenvalue weighted by atomic mass is 9.96. The summed E-state index contributed by atoms with van der Waals surface area (Å²) in [6.45, 7) is 2.07. The van der Waals surface area contributed by atoms with Crippen LogP contribution in [-0.4, -0.2) is 11.9 Å². The van der Waals surface area contributed by atoms with E-state index in [0.29, 0.717) is 0 Å². The minimum absolute atomic E-state index is 0.171. The first kappa shape index (κ1) is 9.90. The molecule has 0 amide bonds. The van der Waals surface area contributed by atoms with Crippen LogP contribution in [0.25, 0.3) is 0 Å². The Kier molecular flexibility index (Phi) is 2.54. The van der Waals surface area contributed by atoms with Gasteiger partial charge in [0.2, 0.25) is 0 Å². The van der Waals surface area contributed by atoms with E-state index in [-0.39, 0.29) is 6.42 Å². The molecule has 3 nitrogen and oxygen atoms in total. The van der Waals surface area contributed by atoms with E-state index in [9.17, 15) is 9.59 Å². The molecule has 1 heterocycles. The van der Waals surface area contributed by atoms with Gasteiger partial charge >= 0.3 is 11.9 Å². The zero-order valence-corrected chi connectivity index (χ0v) is 8.53. The highest BCUT2D eigenvalue weighted by Crippen LogP contribution is 2.27. The lowest BCUT2D eigenvalue weighted by Crippen LogP contribution is -2.05. The third-order valence-electron chi connectivity index (χ3n) is 2.66. The Morgan fingerprint density at radius 2 is 1.93 bits per heavy atom. The molecule has 1 aliphatic rings. The summed E-state index contributed by atoms with van der Waals surface area (Å²) in [5.41, 5.74) is 2.08. The SMILES string of the molecule is CCc1ccc([C@H]2CC(=O)OC2=O)cc1. The van der Waals surface area contributed by atoms with Crippen LogP contribution in [0.2, 0.25) is 0 Å². The van der Waals surface area contributed by atoms with Crippen molar-refractivity contribution < 1.29 is 14.3 Å². The number of cyclic esters (lactones) is 2. The highest BCUT2D eigenvalue weighted by molar-refractivity contribution is 5.97. The molecule has 0 bridgehead atoms. The van der Waals surface area contributed by atoms with Gasteiger partial charge in [-0.05, 0) is 17.5 Å². The normalized spacial score (nSPS) is 20.5.